The number of aromatic nitrogens is 1. The first-order chi connectivity index (χ1) is 11.5. The number of likely N-dealkylation sites (tertiary alicyclic amines) is 1. The molecule has 1 saturated heterocycles. The van der Waals surface area contributed by atoms with Gasteiger partial charge >= 0.3 is 5.97 Å². The number of carboxylic acids is 1. The highest BCUT2D eigenvalue weighted by atomic mass is 16.5. The van der Waals surface area contributed by atoms with Gasteiger partial charge in [0, 0.05) is 36.8 Å². The number of carbonyl (C=O) groups is 2. The highest BCUT2D eigenvalue weighted by Crippen LogP contribution is 2.32. The van der Waals surface area contributed by atoms with Crippen molar-refractivity contribution in [3.8, 4) is 0 Å². The average Bonchev–Trinajstić information content (AvgIpc) is 3.11. The van der Waals surface area contributed by atoms with Gasteiger partial charge in [0.15, 0.2) is 0 Å². The van der Waals surface area contributed by atoms with Crippen molar-refractivity contribution in [3.05, 3.63) is 35.5 Å². The summed E-state index contributed by atoms with van der Waals surface area (Å²) in [4.78, 5) is 29.2. The van der Waals surface area contributed by atoms with Gasteiger partial charge in [0.05, 0.1) is 13.0 Å². The standard InChI is InChI=1S/C18H22N2O4/c1-12-14(13-5-3-4-6-15(13)19-12)9-16(21)20-8-7-18(10-20,11-24-2)17(22)23/h3-6,19H,7-11H2,1-2H3,(H,22,23). The van der Waals surface area contributed by atoms with Gasteiger partial charge < -0.3 is 19.7 Å². The van der Waals surface area contributed by atoms with Crippen molar-refractivity contribution >= 4 is 22.8 Å². The predicted octanol–water partition coefficient (Wildman–Crippen LogP) is 1.97. The fourth-order valence-electron chi connectivity index (χ4n) is 3.54. The summed E-state index contributed by atoms with van der Waals surface area (Å²) < 4.78 is 5.08. The first kappa shape index (κ1) is 16.5. The number of carbonyl (C=O) groups excluding carboxylic acids is 1. The molecule has 2 N–H and O–H groups in total. The van der Waals surface area contributed by atoms with Crippen LogP contribution in [0.5, 0.6) is 0 Å². The quantitative estimate of drug-likeness (QED) is 0.878. The number of hydrogen-bond donors (Lipinski definition) is 2. The smallest absolute Gasteiger partial charge is 0.313 e. The van der Waals surface area contributed by atoms with Crippen molar-refractivity contribution in [2.45, 2.75) is 19.8 Å². The van der Waals surface area contributed by atoms with Gasteiger partial charge in [0.2, 0.25) is 5.91 Å². The number of amides is 1. The molecule has 1 atom stereocenters. The Hall–Kier alpha value is -2.34. The van der Waals surface area contributed by atoms with Crippen LogP contribution in [0.15, 0.2) is 24.3 Å². The van der Waals surface area contributed by atoms with Gasteiger partial charge in [-0.3, -0.25) is 9.59 Å². The Balaban J connectivity index is 1.78. The lowest BCUT2D eigenvalue weighted by molar-refractivity contribution is -0.151. The maximum absolute atomic E-state index is 12.7. The number of fused-ring (bicyclic) bond motifs is 1. The third kappa shape index (κ3) is 2.78. The summed E-state index contributed by atoms with van der Waals surface area (Å²) in [5, 5.41) is 10.6. The Labute approximate surface area is 140 Å². The number of aryl methyl sites for hydroxylation is 1. The molecule has 1 aliphatic heterocycles. The van der Waals surface area contributed by atoms with Crippen LogP contribution in [0.25, 0.3) is 10.9 Å². The number of aromatic amines is 1. The normalized spacial score (nSPS) is 20.7. The molecular formula is C18H22N2O4. The van der Waals surface area contributed by atoms with Crippen molar-refractivity contribution in [2.24, 2.45) is 5.41 Å². The van der Waals surface area contributed by atoms with E-state index in [9.17, 15) is 14.7 Å². The molecule has 1 amide bonds. The van der Waals surface area contributed by atoms with Gasteiger partial charge in [-0.15, -0.1) is 0 Å². The molecule has 1 unspecified atom stereocenters. The highest BCUT2D eigenvalue weighted by Gasteiger charge is 2.46. The van der Waals surface area contributed by atoms with Crippen LogP contribution in [0, 0.1) is 12.3 Å². The lowest BCUT2D eigenvalue weighted by Crippen LogP contribution is -2.40. The Kier molecular flexibility index (Phi) is 4.32. The second-order valence-corrected chi connectivity index (χ2v) is 6.53. The molecule has 1 aromatic heterocycles. The van der Waals surface area contributed by atoms with Crippen molar-refractivity contribution in [2.75, 3.05) is 26.8 Å². The number of hydrogen-bond acceptors (Lipinski definition) is 3. The van der Waals surface area contributed by atoms with Gasteiger partial charge in [-0.1, -0.05) is 18.2 Å². The van der Waals surface area contributed by atoms with Crippen LogP contribution in [-0.4, -0.2) is 53.7 Å². The van der Waals surface area contributed by atoms with Gasteiger partial charge in [-0.2, -0.15) is 0 Å². The van der Waals surface area contributed by atoms with E-state index in [2.05, 4.69) is 4.98 Å². The van der Waals surface area contributed by atoms with Gasteiger partial charge in [0.1, 0.15) is 5.41 Å². The minimum absolute atomic E-state index is 0.0397. The van der Waals surface area contributed by atoms with E-state index < -0.39 is 11.4 Å². The molecule has 3 rings (SSSR count). The lowest BCUT2D eigenvalue weighted by atomic mass is 9.88. The van der Waals surface area contributed by atoms with Crippen LogP contribution >= 0.6 is 0 Å². The van der Waals surface area contributed by atoms with Crippen molar-refractivity contribution in [1.82, 2.24) is 9.88 Å². The molecule has 128 valence electrons. The molecule has 0 saturated carbocycles. The molecule has 0 aliphatic carbocycles. The molecule has 6 heteroatoms. The maximum Gasteiger partial charge on any atom is 0.313 e. The number of benzene rings is 1. The molecule has 6 nitrogen and oxygen atoms in total. The summed E-state index contributed by atoms with van der Waals surface area (Å²) in [6.45, 7) is 2.74. The molecule has 0 bridgehead atoms. The number of methoxy groups -OCH3 is 1. The van der Waals surface area contributed by atoms with E-state index in [-0.39, 0.29) is 25.5 Å². The minimum atomic E-state index is -0.986. The maximum atomic E-state index is 12.7. The van der Waals surface area contributed by atoms with Gasteiger partial charge in [0.25, 0.3) is 0 Å². The van der Waals surface area contributed by atoms with Gasteiger partial charge in [-0.05, 0) is 25.0 Å². The van der Waals surface area contributed by atoms with Crippen LogP contribution < -0.4 is 0 Å². The third-order valence-electron chi connectivity index (χ3n) is 4.94. The zero-order valence-corrected chi connectivity index (χ0v) is 14.0. The fourth-order valence-corrected chi connectivity index (χ4v) is 3.54. The summed E-state index contributed by atoms with van der Waals surface area (Å²) in [7, 11) is 1.49. The summed E-state index contributed by atoms with van der Waals surface area (Å²) in [6.07, 6.45) is 0.702. The third-order valence-corrected chi connectivity index (χ3v) is 4.94. The van der Waals surface area contributed by atoms with Crippen LogP contribution in [0.2, 0.25) is 0 Å². The molecule has 24 heavy (non-hydrogen) atoms. The van der Waals surface area contributed by atoms with Crippen LogP contribution in [0.1, 0.15) is 17.7 Å². The van der Waals surface area contributed by atoms with E-state index in [1.165, 1.54) is 7.11 Å². The van der Waals surface area contributed by atoms with Crippen molar-refractivity contribution in [1.29, 1.82) is 0 Å². The summed E-state index contributed by atoms with van der Waals surface area (Å²) in [6, 6.07) is 7.89. The van der Waals surface area contributed by atoms with Crippen molar-refractivity contribution in [3.63, 3.8) is 0 Å². The van der Waals surface area contributed by atoms with Gasteiger partial charge in [-0.25, -0.2) is 0 Å². The average molecular weight is 330 g/mol. The predicted molar refractivity (Wildman–Crippen MR) is 89.9 cm³/mol. The molecular weight excluding hydrogens is 308 g/mol. The van der Waals surface area contributed by atoms with E-state index in [0.717, 1.165) is 22.2 Å². The Morgan fingerprint density at radius 3 is 2.83 bits per heavy atom. The van der Waals surface area contributed by atoms with E-state index in [0.29, 0.717) is 13.0 Å². The Morgan fingerprint density at radius 1 is 1.38 bits per heavy atom. The molecule has 0 spiro atoms. The number of nitrogens with zero attached hydrogens (tertiary/aromatic N) is 1. The number of carboxylic acid groups (broad SMARTS) is 1. The SMILES string of the molecule is COCC1(C(=O)O)CCN(C(=O)Cc2c(C)[nH]c3ccccc23)C1. The zero-order chi connectivity index (χ0) is 17.3. The Bertz CT molecular complexity index is 782. The Morgan fingerprint density at radius 2 is 2.12 bits per heavy atom. The topological polar surface area (TPSA) is 82.6 Å². The highest BCUT2D eigenvalue weighted by molar-refractivity contribution is 5.90. The monoisotopic (exact) mass is 330 g/mol. The molecule has 2 heterocycles. The van der Waals surface area contributed by atoms with E-state index in [1.54, 1.807) is 4.90 Å². The van der Waals surface area contributed by atoms with E-state index in [4.69, 9.17) is 4.74 Å². The first-order valence-corrected chi connectivity index (χ1v) is 8.03. The second kappa shape index (κ2) is 6.28. The van der Waals surface area contributed by atoms with E-state index in [1.807, 2.05) is 31.2 Å². The summed E-state index contributed by atoms with van der Waals surface area (Å²) >= 11 is 0. The molecule has 1 aliphatic rings. The summed E-state index contributed by atoms with van der Waals surface area (Å²) in [5.74, 6) is -0.940. The lowest BCUT2D eigenvalue weighted by Gasteiger charge is -2.23. The number of nitrogens with one attached hydrogen (secondary N) is 1. The van der Waals surface area contributed by atoms with Crippen LogP contribution in [-0.2, 0) is 20.7 Å². The minimum Gasteiger partial charge on any atom is -0.481 e. The first-order valence-electron chi connectivity index (χ1n) is 8.03. The number of para-hydroxylation sites is 1. The second-order valence-electron chi connectivity index (χ2n) is 6.53. The molecule has 1 fully saturated rings. The number of rotatable bonds is 5. The molecule has 2 aromatic rings. The number of ether oxygens (including phenoxy) is 1. The summed E-state index contributed by atoms with van der Waals surface area (Å²) in [5.41, 5.74) is 1.98. The molecule has 0 radical (unpaired) electrons. The largest absolute Gasteiger partial charge is 0.481 e. The van der Waals surface area contributed by atoms with Crippen molar-refractivity contribution < 1.29 is 19.4 Å². The van der Waals surface area contributed by atoms with E-state index >= 15 is 0 Å². The van der Waals surface area contributed by atoms with Crippen LogP contribution in [0.4, 0.5) is 0 Å². The molecule has 1 aromatic carbocycles. The number of aliphatic carboxylic acids is 1. The van der Waals surface area contributed by atoms with Crippen LogP contribution in [0.3, 0.4) is 0 Å². The number of H-pyrrole nitrogens is 1. The zero-order valence-electron chi connectivity index (χ0n) is 14.0. The fraction of sp³-hybridized carbons (Fsp3) is 0.444.